The molecule has 1 unspecified atom stereocenters. The molecule has 0 spiro atoms. The quantitative estimate of drug-likeness (QED) is 0.400. The molecule has 4 rings (SSSR count). The van der Waals surface area contributed by atoms with Gasteiger partial charge in [0.2, 0.25) is 6.10 Å². The highest BCUT2D eigenvalue weighted by molar-refractivity contribution is 6.32. The Kier molecular flexibility index (Phi) is 6.51. The Morgan fingerprint density at radius 1 is 1.09 bits per heavy atom. The first-order chi connectivity index (χ1) is 16.3. The second kappa shape index (κ2) is 9.52. The lowest BCUT2D eigenvalue weighted by atomic mass is 10.1. The molecule has 0 aliphatic heterocycles. The maximum absolute atomic E-state index is 13.3. The lowest BCUT2D eigenvalue weighted by molar-refractivity contribution is -0.125. The van der Waals surface area contributed by atoms with E-state index in [4.69, 9.17) is 21.1 Å². The van der Waals surface area contributed by atoms with Gasteiger partial charge in [-0.05, 0) is 38.1 Å². The molecule has 0 aliphatic carbocycles. The molecule has 174 valence electrons. The van der Waals surface area contributed by atoms with Crippen molar-refractivity contribution in [1.82, 2.24) is 14.8 Å². The van der Waals surface area contributed by atoms with Crippen molar-refractivity contribution < 1.29 is 19.1 Å². The number of carbonyl (C=O) groups is 2. The number of aryl methyl sites for hydroxylation is 3. The van der Waals surface area contributed by atoms with E-state index in [0.717, 1.165) is 0 Å². The van der Waals surface area contributed by atoms with E-state index >= 15 is 0 Å². The molecule has 0 radical (unpaired) electrons. The molecule has 0 fully saturated rings. The fraction of sp³-hybridized carbons (Fsp3) is 0.200. The SMILES string of the molecule is COc1ccc(NC(=O)C(OC(=O)c2cc(C)nc3c2c(C)nn3C)c2ccccc2)cc1Cl. The van der Waals surface area contributed by atoms with Gasteiger partial charge in [-0.1, -0.05) is 41.9 Å². The van der Waals surface area contributed by atoms with Crippen molar-refractivity contribution >= 4 is 40.2 Å². The number of anilines is 1. The van der Waals surface area contributed by atoms with Crippen molar-refractivity contribution in [3.63, 3.8) is 0 Å². The highest BCUT2D eigenvalue weighted by Crippen LogP contribution is 2.29. The number of rotatable bonds is 6. The number of carbonyl (C=O) groups excluding carboxylic acids is 2. The molecule has 1 atom stereocenters. The van der Waals surface area contributed by atoms with E-state index in [1.54, 1.807) is 74.1 Å². The summed E-state index contributed by atoms with van der Waals surface area (Å²) in [6.45, 7) is 3.58. The van der Waals surface area contributed by atoms with Crippen molar-refractivity contribution in [2.45, 2.75) is 20.0 Å². The fourth-order valence-electron chi connectivity index (χ4n) is 3.75. The van der Waals surface area contributed by atoms with E-state index in [1.165, 1.54) is 7.11 Å². The van der Waals surface area contributed by atoms with Crippen LogP contribution in [0.1, 0.15) is 33.4 Å². The van der Waals surface area contributed by atoms with Gasteiger partial charge in [-0.25, -0.2) is 9.78 Å². The third kappa shape index (κ3) is 4.58. The number of halogens is 1. The zero-order chi connectivity index (χ0) is 24.4. The number of hydrogen-bond acceptors (Lipinski definition) is 6. The number of methoxy groups -OCH3 is 1. The maximum Gasteiger partial charge on any atom is 0.340 e. The summed E-state index contributed by atoms with van der Waals surface area (Å²) >= 11 is 6.19. The second-order valence-electron chi connectivity index (χ2n) is 7.75. The van der Waals surface area contributed by atoms with Crippen LogP contribution in [0, 0.1) is 13.8 Å². The first kappa shape index (κ1) is 23.3. The van der Waals surface area contributed by atoms with E-state index < -0.39 is 18.0 Å². The van der Waals surface area contributed by atoms with Crippen molar-refractivity contribution in [3.8, 4) is 5.75 Å². The third-order valence-corrected chi connectivity index (χ3v) is 5.60. The molecule has 0 bridgehead atoms. The van der Waals surface area contributed by atoms with Gasteiger partial charge in [-0.3, -0.25) is 9.48 Å². The molecule has 2 aromatic heterocycles. The number of hydrogen-bond donors (Lipinski definition) is 1. The summed E-state index contributed by atoms with van der Waals surface area (Å²) in [5, 5.41) is 8.07. The number of esters is 1. The van der Waals surface area contributed by atoms with Gasteiger partial charge < -0.3 is 14.8 Å². The molecule has 0 aliphatic rings. The minimum atomic E-state index is -1.20. The van der Waals surface area contributed by atoms with E-state index in [1.807, 2.05) is 6.07 Å². The molecule has 1 amide bonds. The number of benzene rings is 2. The van der Waals surface area contributed by atoms with Crippen LogP contribution in [0.25, 0.3) is 11.0 Å². The highest BCUT2D eigenvalue weighted by atomic mass is 35.5. The van der Waals surface area contributed by atoms with Gasteiger partial charge in [-0.2, -0.15) is 5.10 Å². The topological polar surface area (TPSA) is 95.3 Å². The normalized spacial score (nSPS) is 11.8. The minimum absolute atomic E-state index is 0.300. The van der Waals surface area contributed by atoms with Gasteiger partial charge in [0.25, 0.3) is 5.91 Å². The second-order valence-corrected chi connectivity index (χ2v) is 8.16. The van der Waals surface area contributed by atoms with Crippen LogP contribution in [0.5, 0.6) is 5.75 Å². The Morgan fingerprint density at radius 3 is 2.50 bits per heavy atom. The minimum Gasteiger partial charge on any atom is -0.495 e. The molecule has 8 nitrogen and oxygen atoms in total. The first-order valence-electron chi connectivity index (χ1n) is 10.5. The van der Waals surface area contributed by atoms with Crippen LogP contribution in [0.3, 0.4) is 0 Å². The van der Waals surface area contributed by atoms with Crippen LogP contribution >= 0.6 is 11.6 Å². The van der Waals surface area contributed by atoms with Crippen molar-refractivity contribution in [3.05, 3.63) is 82.1 Å². The van der Waals surface area contributed by atoms with Crippen LogP contribution in [0.4, 0.5) is 5.69 Å². The van der Waals surface area contributed by atoms with Crippen molar-refractivity contribution in [1.29, 1.82) is 0 Å². The Morgan fingerprint density at radius 2 is 1.82 bits per heavy atom. The van der Waals surface area contributed by atoms with Crippen LogP contribution in [-0.4, -0.2) is 33.8 Å². The Labute approximate surface area is 201 Å². The third-order valence-electron chi connectivity index (χ3n) is 5.30. The van der Waals surface area contributed by atoms with Crippen LogP contribution in [0.15, 0.2) is 54.6 Å². The summed E-state index contributed by atoms with van der Waals surface area (Å²) in [5.74, 6) is -0.691. The molecule has 2 aromatic carbocycles. The summed E-state index contributed by atoms with van der Waals surface area (Å²) in [5.41, 5.74) is 3.12. The van der Waals surface area contributed by atoms with Crippen LogP contribution in [0.2, 0.25) is 5.02 Å². The molecule has 9 heteroatoms. The molecule has 0 saturated heterocycles. The van der Waals surface area contributed by atoms with Crippen molar-refractivity contribution in [2.24, 2.45) is 7.05 Å². The first-order valence-corrected chi connectivity index (χ1v) is 10.9. The molecule has 2 heterocycles. The lowest BCUT2D eigenvalue weighted by Crippen LogP contribution is -2.26. The highest BCUT2D eigenvalue weighted by Gasteiger charge is 2.28. The summed E-state index contributed by atoms with van der Waals surface area (Å²) in [7, 11) is 3.27. The molecular weight excluding hydrogens is 456 g/mol. The molecular formula is C25H23ClN4O4. The average Bonchev–Trinajstić information content (AvgIpc) is 3.10. The summed E-state index contributed by atoms with van der Waals surface area (Å²) < 4.78 is 12.6. The zero-order valence-corrected chi connectivity index (χ0v) is 19.9. The van der Waals surface area contributed by atoms with E-state index in [9.17, 15) is 9.59 Å². The average molecular weight is 479 g/mol. The number of ether oxygens (including phenoxy) is 2. The van der Waals surface area contributed by atoms with Gasteiger partial charge in [0.15, 0.2) is 5.65 Å². The van der Waals surface area contributed by atoms with Gasteiger partial charge in [0.1, 0.15) is 5.75 Å². The lowest BCUT2D eigenvalue weighted by Gasteiger charge is -2.19. The van der Waals surface area contributed by atoms with Gasteiger partial charge >= 0.3 is 5.97 Å². The summed E-state index contributed by atoms with van der Waals surface area (Å²) in [6.07, 6.45) is -1.20. The largest absolute Gasteiger partial charge is 0.495 e. The predicted octanol–water partition coefficient (Wildman–Crippen LogP) is 4.78. The van der Waals surface area contributed by atoms with Gasteiger partial charge in [0.05, 0.1) is 28.8 Å². The van der Waals surface area contributed by atoms with E-state index in [-0.39, 0.29) is 0 Å². The molecule has 0 saturated carbocycles. The summed E-state index contributed by atoms with van der Waals surface area (Å²) in [4.78, 5) is 31.1. The van der Waals surface area contributed by atoms with Crippen molar-refractivity contribution in [2.75, 3.05) is 12.4 Å². The Bertz CT molecular complexity index is 1380. The van der Waals surface area contributed by atoms with Gasteiger partial charge in [-0.15, -0.1) is 0 Å². The smallest absolute Gasteiger partial charge is 0.340 e. The van der Waals surface area contributed by atoms with Gasteiger partial charge in [0, 0.05) is 24.0 Å². The number of aromatic nitrogens is 3. The van der Waals surface area contributed by atoms with Crippen LogP contribution in [-0.2, 0) is 16.6 Å². The van der Waals surface area contributed by atoms with E-state index in [0.29, 0.717) is 50.0 Å². The van der Waals surface area contributed by atoms with E-state index in [2.05, 4.69) is 15.4 Å². The molecule has 4 aromatic rings. The summed E-state index contributed by atoms with van der Waals surface area (Å²) in [6, 6.07) is 15.3. The molecule has 1 N–H and O–H groups in total. The number of nitrogens with zero attached hydrogens (tertiary/aromatic N) is 3. The Balaban J connectivity index is 1.68. The number of nitrogens with one attached hydrogen (secondary N) is 1. The standard InChI is InChI=1S/C25H23ClN4O4/c1-14-12-18(21-15(2)29-30(3)23(21)27-14)25(32)34-22(16-8-6-5-7-9-16)24(31)28-17-10-11-20(33-4)19(26)13-17/h5-13,22H,1-4H3,(H,28,31). The number of pyridine rings is 1. The number of amides is 1. The maximum atomic E-state index is 13.3. The Hall–Kier alpha value is -3.91. The van der Waals surface area contributed by atoms with Crippen LogP contribution < -0.4 is 10.1 Å². The predicted molar refractivity (Wildman–Crippen MR) is 129 cm³/mol. The number of fused-ring (bicyclic) bond motifs is 1. The monoisotopic (exact) mass is 478 g/mol. The molecule has 34 heavy (non-hydrogen) atoms. The fourth-order valence-corrected chi connectivity index (χ4v) is 4.01. The zero-order valence-electron chi connectivity index (χ0n) is 19.1.